The standard InChI is InChI=1S/C18H21N5O2S/c1-11-6-7-13(8-19-11)16(24)22-18-23(2)15-17(26-18)21-14(9-20-15)25-10-12-4-3-5-12/h6-9,12,18H,3-5,10H2,1-2H3,(H,22,24). The third kappa shape index (κ3) is 3.46. The van der Waals surface area contributed by atoms with Crippen LogP contribution in [0.2, 0.25) is 0 Å². The van der Waals surface area contributed by atoms with E-state index in [1.165, 1.54) is 31.0 Å². The number of amides is 1. The first-order chi connectivity index (χ1) is 12.6. The number of aryl methyl sites for hydroxylation is 1. The van der Waals surface area contributed by atoms with E-state index in [1.807, 2.05) is 24.9 Å². The van der Waals surface area contributed by atoms with Crippen LogP contribution in [-0.2, 0) is 0 Å². The van der Waals surface area contributed by atoms with E-state index in [2.05, 4.69) is 20.3 Å². The van der Waals surface area contributed by atoms with E-state index < -0.39 is 0 Å². The van der Waals surface area contributed by atoms with Crippen LogP contribution in [0, 0.1) is 12.8 Å². The molecular weight excluding hydrogens is 350 g/mol. The van der Waals surface area contributed by atoms with E-state index in [4.69, 9.17) is 4.74 Å². The molecule has 1 fully saturated rings. The molecule has 1 N–H and O–H groups in total. The summed E-state index contributed by atoms with van der Waals surface area (Å²) >= 11 is 1.46. The largest absolute Gasteiger partial charge is 0.476 e. The molecule has 0 radical (unpaired) electrons. The number of anilines is 1. The smallest absolute Gasteiger partial charge is 0.255 e. The van der Waals surface area contributed by atoms with Gasteiger partial charge in [-0.15, -0.1) is 0 Å². The summed E-state index contributed by atoms with van der Waals surface area (Å²) in [7, 11) is 1.89. The van der Waals surface area contributed by atoms with Crippen molar-refractivity contribution in [2.75, 3.05) is 18.6 Å². The Kier molecular flexibility index (Phi) is 4.67. The van der Waals surface area contributed by atoms with E-state index >= 15 is 0 Å². The molecule has 1 unspecified atom stereocenters. The molecule has 2 aromatic rings. The summed E-state index contributed by atoms with van der Waals surface area (Å²) in [4.78, 5) is 27.5. The van der Waals surface area contributed by atoms with Crippen LogP contribution < -0.4 is 15.0 Å². The summed E-state index contributed by atoms with van der Waals surface area (Å²) in [5.74, 6) is 1.77. The number of pyridine rings is 1. The van der Waals surface area contributed by atoms with E-state index in [0.717, 1.165) is 16.5 Å². The Morgan fingerprint density at radius 2 is 2.19 bits per heavy atom. The maximum Gasteiger partial charge on any atom is 0.255 e. The van der Waals surface area contributed by atoms with Crippen LogP contribution in [0.1, 0.15) is 35.3 Å². The maximum absolute atomic E-state index is 12.4. The molecule has 7 nitrogen and oxygen atoms in total. The van der Waals surface area contributed by atoms with Crippen molar-refractivity contribution in [3.63, 3.8) is 0 Å². The van der Waals surface area contributed by atoms with Gasteiger partial charge in [0.2, 0.25) is 5.88 Å². The monoisotopic (exact) mass is 371 g/mol. The van der Waals surface area contributed by atoms with Crippen LogP contribution in [-0.4, -0.2) is 40.0 Å². The zero-order valence-corrected chi connectivity index (χ0v) is 15.6. The van der Waals surface area contributed by atoms with Gasteiger partial charge in [0, 0.05) is 18.9 Å². The van der Waals surface area contributed by atoms with E-state index in [-0.39, 0.29) is 11.4 Å². The number of hydrogen-bond acceptors (Lipinski definition) is 7. The topological polar surface area (TPSA) is 80.2 Å². The molecule has 1 aliphatic heterocycles. The second-order valence-electron chi connectivity index (χ2n) is 6.69. The molecule has 1 atom stereocenters. The van der Waals surface area contributed by atoms with Crippen molar-refractivity contribution < 1.29 is 9.53 Å². The van der Waals surface area contributed by atoms with Gasteiger partial charge in [0.15, 0.2) is 11.3 Å². The molecule has 0 saturated heterocycles. The lowest BCUT2D eigenvalue weighted by atomic mass is 9.86. The molecule has 0 bridgehead atoms. The molecule has 8 heteroatoms. The first kappa shape index (κ1) is 17.1. The number of carbonyl (C=O) groups excluding carboxylic acids is 1. The second kappa shape index (κ2) is 7.11. The molecule has 3 heterocycles. The number of ether oxygens (including phenoxy) is 1. The van der Waals surface area contributed by atoms with Gasteiger partial charge in [0.25, 0.3) is 5.91 Å². The molecule has 0 aromatic carbocycles. The fourth-order valence-electron chi connectivity index (χ4n) is 2.82. The Hall–Kier alpha value is -2.35. The van der Waals surface area contributed by atoms with Crippen molar-refractivity contribution in [3.8, 4) is 5.88 Å². The predicted molar refractivity (Wildman–Crippen MR) is 99.4 cm³/mol. The molecule has 1 aliphatic carbocycles. The first-order valence-corrected chi connectivity index (χ1v) is 9.61. The van der Waals surface area contributed by atoms with Gasteiger partial charge in [-0.25, -0.2) is 9.97 Å². The summed E-state index contributed by atoms with van der Waals surface area (Å²) in [5.41, 5.74) is 1.15. The Bertz CT molecular complexity index is 810. The predicted octanol–water partition coefficient (Wildman–Crippen LogP) is 2.61. The van der Waals surface area contributed by atoms with Gasteiger partial charge in [0.1, 0.15) is 5.03 Å². The van der Waals surface area contributed by atoms with Crippen LogP contribution in [0.15, 0.2) is 29.6 Å². The van der Waals surface area contributed by atoms with Crippen LogP contribution >= 0.6 is 11.8 Å². The number of nitrogens with zero attached hydrogens (tertiary/aromatic N) is 4. The summed E-state index contributed by atoms with van der Waals surface area (Å²) in [6.07, 6.45) is 7.00. The minimum absolute atomic E-state index is 0.170. The number of aromatic nitrogens is 3. The maximum atomic E-state index is 12.4. The lowest BCUT2D eigenvalue weighted by molar-refractivity contribution is 0.0949. The van der Waals surface area contributed by atoms with Crippen LogP contribution in [0.3, 0.4) is 0 Å². The van der Waals surface area contributed by atoms with Crippen molar-refractivity contribution >= 4 is 23.5 Å². The highest BCUT2D eigenvalue weighted by atomic mass is 32.2. The van der Waals surface area contributed by atoms with Crippen LogP contribution in [0.5, 0.6) is 5.88 Å². The van der Waals surface area contributed by atoms with Crippen LogP contribution in [0.4, 0.5) is 5.82 Å². The molecule has 2 aliphatic rings. The zero-order valence-electron chi connectivity index (χ0n) is 14.8. The van der Waals surface area contributed by atoms with Crippen LogP contribution in [0.25, 0.3) is 0 Å². The van der Waals surface area contributed by atoms with Crippen molar-refractivity contribution in [2.24, 2.45) is 5.92 Å². The Morgan fingerprint density at radius 3 is 2.88 bits per heavy atom. The van der Waals surface area contributed by atoms with Gasteiger partial charge in [-0.3, -0.25) is 9.78 Å². The summed E-state index contributed by atoms with van der Waals surface area (Å²) in [6.45, 7) is 2.59. The minimum atomic E-state index is -0.263. The minimum Gasteiger partial charge on any atom is -0.476 e. The molecule has 26 heavy (non-hydrogen) atoms. The number of thioether (sulfide) groups is 1. The van der Waals surface area contributed by atoms with Gasteiger partial charge in [-0.1, -0.05) is 18.2 Å². The lowest BCUT2D eigenvalue weighted by Crippen LogP contribution is -2.42. The van der Waals surface area contributed by atoms with Crippen molar-refractivity contribution in [1.29, 1.82) is 0 Å². The highest BCUT2D eigenvalue weighted by Gasteiger charge is 2.32. The quantitative estimate of drug-likeness (QED) is 0.865. The second-order valence-corrected chi connectivity index (χ2v) is 7.76. The molecule has 4 rings (SSSR count). The van der Waals surface area contributed by atoms with Crippen molar-refractivity contribution in [2.45, 2.75) is 36.7 Å². The van der Waals surface area contributed by atoms with Gasteiger partial charge in [-0.2, -0.15) is 0 Å². The van der Waals surface area contributed by atoms with Gasteiger partial charge in [-0.05, 0) is 37.8 Å². The fraction of sp³-hybridized carbons (Fsp3) is 0.444. The molecular formula is C18H21N5O2S. The van der Waals surface area contributed by atoms with E-state index in [1.54, 1.807) is 18.5 Å². The Labute approximate surface area is 156 Å². The number of hydrogen-bond donors (Lipinski definition) is 1. The normalized spacial score (nSPS) is 19.0. The van der Waals surface area contributed by atoms with E-state index in [0.29, 0.717) is 24.0 Å². The third-order valence-corrected chi connectivity index (χ3v) is 5.88. The molecule has 1 saturated carbocycles. The first-order valence-electron chi connectivity index (χ1n) is 8.73. The lowest BCUT2D eigenvalue weighted by Gasteiger charge is -2.24. The highest BCUT2D eigenvalue weighted by molar-refractivity contribution is 8.00. The number of nitrogens with one attached hydrogen (secondary N) is 1. The van der Waals surface area contributed by atoms with Crippen molar-refractivity contribution in [3.05, 3.63) is 35.8 Å². The SMILES string of the molecule is Cc1ccc(C(=O)NC2Sc3nc(OCC4CCC4)cnc3N2C)cn1. The molecule has 136 valence electrons. The molecule has 0 spiro atoms. The van der Waals surface area contributed by atoms with Gasteiger partial charge in [0.05, 0.1) is 18.4 Å². The molecule has 2 aromatic heterocycles. The average molecular weight is 371 g/mol. The summed E-state index contributed by atoms with van der Waals surface area (Å²) < 4.78 is 5.77. The Balaban J connectivity index is 1.40. The zero-order chi connectivity index (χ0) is 18.1. The third-order valence-electron chi connectivity index (χ3n) is 4.73. The van der Waals surface area contributed by atoms with Gasteiger partial charge < -0.3 is 15.0 Å². The fourth-order valence-corrected chi connectivity index (χ4v) is 3.90. The highest BCUT2D eigenvalue weighted by Crippen LogP contribution is 2.39. The van der Waals surface area contributed by atoms with Gasteiger partial charge >= 0.3 is 0 Å². The summed E-state index contributed by atoms with van der Waals surface area (Å²) in [5, 5.41) is 3.76. The van der Waals surface area contributed by atoms with Crippen molar-refractivity contribution in [1.82, 2.24) is 20.3 Å². The number of fused-ring (bicyclic) bond motifs is 1. The number of carbonyl (C=O) groups is 1. The Morgan fingerprint density at radius 1 is 1.35 bits per heavy atom. The van der Waals surface area contributed by atoms with E-state index in [9.17, 15) is 4.79 Å². The number of rotatable bonds is 5. The average Bonchev–Trinajstić information content (AvgIpc) is 2.89. The summed E-state index contributed by atoms with van der Waals surface area (Å²) in [6, 6.07) is 3.59. The molecule has 1 amide bonds.